The molecule has 1 heterocycles. The van der Waals surface area contributed by atoms with Crippen molar-refractivity contribution in [3.05, 3.63) is 77.9 Å². The predicted molar refractivity (Wildman–Crippen MR) is 96.1 cm³/mol. The minimum absolute atomic E-state index is 0.230. The first kappa shape index (κ1) is 18.6. The van der Waals surface area contributed by atoms with E-state index >= 15 is 0 Å². The van der Waals surface area contributed by atoms with Crippen LogP contribution in [0.25, 0.3) is 22.5 Å². The van der Waals surface area contributed by atoms with Crippen LogP contribution in [-0.4, -0.2) is 17.6 Å². The number of alkyl halides is 3. The number of nitrogens with zero attached hydrogens (tertiary/aromatic N) is 1. The topological polar surface area (TPSA) is 39.2 Å². The summed E-state index contributed by atoms with van der Waals surface area (Å²) in [5.41, 5.74) is 1.71. The van der Waals surface area contributed by atoms with Crippen molar-refractivity contribution < 1.29 is 22.7 Å². The zero-order valence-corrected chi connectivity index (χ0v) is 14.5. The Labute approximate surface area is 154 Å². The molecule has 138 valence electrons. The van der Waals surface area contributed by atoms with E-state index in [-0.39, 0.29) is 6.61 Å². The summed E-state index contributed by atoms with van der Waals surface area (Å²) in [6.45, 7) is 1.94. The molecule has 0 N–H and O–H groups in total. The molecule has 27 heavy (non-hydrogen) atoms. The number of esters is 1. The van der Waals surface area contributed by atoms with Crippen molar-refractivity contribution in [3.63, 3.8) is 0 Å². The Bertz CT molecular complexity index is 936. The lowest BCUT2D eigenvalue weighted by Gasteiger charge is -2.12. The van der Waals surface area contributed by atoms with Gasteiger partial charge in [-0.15, -0.1) is 0 Å². The van der Waals surface area contributed by atoms with E-state index in [2.05, 4.69) is 4.98 Å². The lowest BCUT2D eigenvalue weighted by molar-refractivity contribution is -0.137. The van der Waals surface area contributed by atoms with Crippen LogP contribution < -0.4 is 0 Å². The molecule has 2 aromatic carbocycles. The number of carbonyl (C=O) groups is 1. The molecule has 3 rings (SSSR count). The summed E-state index contributed by atoms with van der Waals surface area (Å²) < 4.78 is 43.3. The Morgan fingerprint density at radius 3 is 2.19 bits per heavy atom. The van der Waals surface area contributed by atoms with Gasteiger partial charge in [-0.05, 0) is 31.2 Å². The summed E-state index contributed by atoms with van der Waals surface area (Å²) >= 11 is 0. The largest absolute Gasteiger partial charge is 0.462 e. The third-order valence-electron chi connectivity index (χ3n) is 3.95. The molecular weight excluding hydrogens is 355 g/mol. The Morgan fingerprint density at radius 2 is 1.59 bits per heavy atom. The van der Waals surface area contributed by atoms with Gasteiger partial charge in [0.15, 0.2) is 0 Å². The van der Waals surface area contributed by atoms with E-state index in [4.69, 9.17) is 4.74 Å². The molecule has 0 atom stereocenters. The average Bonchev–Trinajstić information content (AvgIpc) is 2.68. The highest BCUT2D eigenvalue weighted by Crippen LogP contribution is 2.32. The molecule has 0 unspecified atom stereocenters. The van der Waals surface area contributed by atoms with Crippen molar-refractivity contribution in [1.82, 2.24) is 4.98 Å². The lowest BCUT2D eigenvalue weighted by atomic mass is 10.0. The second-order valence-electron chi connectivity index (χ2n) is 5.75. The monoisotopic (exact) mass is 371 g/mol. The quantitative estimate of drug-likeness (QED) is 0.560. The van der Waals surface area contributed by atoms with Gasteiger partial charge in [0.05, 0.1) is 29.1 Å². The molecule has 0 bridgehead atoms. The first-order valence-electron chi connectivity index (χ1n) is 8.31. The van der Waals surface area contributed by atoms with Crippen molar-refractivity contribution in [3.8, 4) is 22.5 Å². The van der Waals surface area contributed by atoms with Crippen LogP contribution in [0.3, 0.4) is 0 Å². The first-order chi connectivity index (χ1) is 12.9. The minimum Gasteiger partial charge on any atom is -0.462 e. The Kier molecular flexibility index (Phi) is 5.26. The van der Waals surface area contributed by atoms with Gasteiger partial charge in [0, 0.05) is 11.1 Å². The van der Waals surface area contributed by atoms with Crippen molar-refractivity contribution in [2.75, 3.05) is 6.61 Å². The van der Waals surface area contributed by atoms with Gasteiger partial charge in [-0.1, -0.05) is 42.5 Å². The van der Waals surface area contributed by atoms with Crippen LogP contribution in [0.2, 0.25) is 0 Å². The summed E-state index contributed by atoms with van der Waals surface area (Å²) in [5.74, 6) is -0.497. The highest BCUT2D eigenvalue weighted by atomic mass is 19.4. The van der Waals surface area contributed by atoms with Gasteiger partial charge in [0.2, 0.25) is 0 Å². The minimum atomic E-state index is -4.39. The van der Waals surface area contributed by atoms with Crippen LogP contribution in [0, 0.1) is 0 Å². The number of benzene rings is 2. The van der Waals surface area contributed by atoms with Crippen molar-refractivity contribution in [1.29, 1.82) is 0 Å². The molecule has 0 fully saturated rings. The molecule has 0 amide bonds. The number of carbonyl (C=O) groups excluding carboxylic acids is 1. The normalized spacial score (nSPS) is 11.3. The summed E-state index contributed by atoms with van der Waals surface area (Å²) in [6.07, 6.45) is -4.39. The molecule has 3 aromatic rings. The second-order valence-corrected chi connectivity index (χ2v) is 5.75. The van der Waals surface area contributed by atoms with Crippen molar-refractivity contribution in [2.24, 2.45) is 0 Å². The smallest absolute Gasteiger partial charge is 0.416 e. The maximum absolute atomic E-state index is 12.8. The number of ether oxygens (including phenoxy) is 1. The van der Waals surface area contributed by atoms with Crippen LogP contribution >= 0.6 is 0 Å². The fraction of sp³-hybridized carbons (Fsp3) is 0.143. The number of hydrogen-bond donors (Lipinski definition) is 0. The Balaban J connectivity index is 2.07. The number of aromatic nitrogens is 1. The number of hydrogen-bond acceptors (Lipinski definition) is 3. The number of pyridine rings is 1. The fourth-order valence-corrected chi connectivity index (χ4v) is 2.64. The third kappa shape index (κ3) is 4.16. The van der Waals surface area contributed by atoms with E-state index in [1.807, 2.05) is 30.3 Å². The van der Waals surface area contributed by atoms with Crippen LogP contribution in [0.1, 0.15) is 22.8 Å². The van der Waals surface area contributed by atoms with Gasteiger partial charge >= 0.3 is 12.1 Å². The molecule has 0 aliphatic rings. The molecule has 3 nitrogen and oxygen atoms in total. The fourth-order valence-electron chi connectivity index (χ4n) is 2.64. The highest BCUT2D eigenvalue weighted by molar-refractivity contribution is 5.96. The molecule has 0 saturated heterocycles. The summed E-state index contributed by atoms with van der Waals surface area (Å²) in [5, 5.41) is 0. The summed E-state index contributed by atoms with van der Waals surface area (Å²) in [7, 11) is 0. The lowest BCUT2D eigenvalue weighted by Crippen LogP contribution is -2.08. The third-order valence-corrected chi connectivity index (χ3v) is 3.95. The predicted octanol–water partition coefficient (Wildman–Crippen LogP) is 5.61. The van der Waals surface area contributed by atoms with E-state index in [1.165, 1.54) is 12.1 Å². The molecule has 0 aliphatic heterocycles. The molecule has 1 aromatic heterocycles. The van der Waals surface area contributed by atoms with Crippen LogP contribution in [0.4, 0.5) is 13.2 Å². The van der Waals surface area contributed by atoms with Crippen LogP contribution in [0.5, 0.6) is 0 Å². The van der Waals surface area contributed by atoms with Gasteiger partial charge in [0.1, 0.15) is 0 Å². The maximum Gasteiger partial charge on any atom is 0.416 e. The zero-order chi connectivity index (χ0) is 19.4. The van der Waals surface area contributed by atoms with E-state index in [1.54, 1.807) is 19.1 Å². The summed E-state index contributed by atoms with van der Waals surface area (Å²) in [4.78, 5) is 16.8. The van der Waals surface area contributed by atoms with Crippen molar-refractivity contribution >= 4 is 5.97 Å². The van der Waals surface area contributed by atoms with E-state index in [0.717, 1.165) is 12.1 Å². The van der Waals surface area contributed by atoms with Gasteiger partial charge < -0.3 is 4.74 Å². The molecular formula is C21H16F3NO2. The van der Waals surface area contributed by atoms with Gasteiger partial charge in [0.25, 0.3) is 0 Å². The molecule has 0 saturated carbocycles. The van der Waals surface area contributed by atoms with Gasteiger partial charge in [-0.3, -0.25) is 0 Å². The standard InChI is InChI=1S/C21H16F3NO2/c1-2-27-20(26)17-12-13-18(25-19(17)15-6-4-3-5-7-15)14-8-10-16(11-9-14)21(22,23)24/h3-13H,2H2,1H3. The van der Waals surface area contributed by atoms with Gasteiger partial charge in [-0.25, -0.2) is 9.78 Å². The molecule has 0 spiro atoms. The molecule has 0 radical (unpaired) electrons. The Hall–Kier alpha value is -3.15. The SMILES string of the molecule is CCOC(=O)c1ccc(-c2ccc(C(F)(F)F)cc2)nc1-c1ccccc1. The average molecular weight is 371 g/mol. The van der Waals surface area contributed by atoms with E-state index in [9.17, 15) is 18.0 Å². The first-order valence-corrected chi connectivity index (χ1v) is 8.31. The summed E-state index contributed by atoms with van der Waals surface area (Å²) in [6, 6.07) is 17.0. The molecule has 6 heteroatoms. The van der Waals surface area contributed by atoms with Gasteiger partial charge in [-0.2, -0.15) is 13.2 Å². The Morgan fingerprint density at radius 1 is 0.926 bits per heavy atom. The maximum atomic E-state index is 12.8. The number of halogens is 3. The molecule has 0 aliphatic carbocycles. The number of rotatable bonds is 4. The van der Waals surface area contributed by atoms with Crippen LogP contribution in [-0.2, 0) is 10.9 Å². The van der Waals surface area contributed by atoms with E-state index < -0.39 is 17.7 Å². The zero-order valence-electron chi connectivity index (χ0n) is 14.5. The second kappa shape index (κ2) is 7.61. The van der Waals surface area contributed by atoms with E-state index in [0.29, 0.717) is 28.1 Å². The highest BCUT2D eigenvalue weighted by Gasteiger charge is 2.30. The van der Waals surface area contributed by atoms with Crippen molar-refractivity contribution in [2.45, 2.75) is 13.1 Å². The van der Waals surface area contributed by atoms with Crippen LogP contribution in [0.15, 0.2) is 66.7 Å².